The van der Waals surface area contributed by atoms with E-state index in [0.717, 1.165) is 5.69 Å². The molecule has 0 saturated carbocycles. The zero-order valence-corrected chi connectivity index (χ0v) is 13.4. The van der Waals surface area contributed by atoms with E-state index in [9.17, 15) is 4.39 Å². The minimum Gasteiger partial charge on any atom is -0.207 e. The van der Waals surface area contributed by atoms with Gasteiger partial charge in [0.05, 0.1) is 5.69 Å². The highest BCUT2D eigenvalue weighted by Gasteiger charge is 2.11. The predicted molar refractivity (Wildman–Crippen MR) is 85.1 cm³/mol. The van der Waals surface area contributed by atoms with E-state index in [4.69, 9.17) is 23.2 Å². The van der Waals surface area contributed by atoms with Crippen molar-refractivity contribution in [3.63, 3.8) is 0 Å². The Hall–Kier alpha value is -1.63. The van der Waals surface area contributed by atoms with E-state index in [1.807, 2.05) is 12.1 Å². The highest BCUT2D eigenvalue weighted by molar-refractivity contribution is 7.98. The second-order valence-electron chi connectivity index (χ2n) is 4.37. The molecule has 112 valence electrons. The molecular formula is C14H9Cl2FN4S. The number of rotatable bonds is 4. The van der Waals surface area contributed by atoms with Crippen molar-refractivity contribution >= 4 is 35.0 Å². The van der Waals surface area contributed by atoms with Crippen LogP contribution in [0.2, 0.25) is 10.0 Å². The van der Waals surface area contributed by atoms with Gasteiger partial charge < -0.3 is 0 Å². The number of hydrogen-bond acceptors (Lipinski definition) is 4. The summed E-state index contributed by atoms with van der Waals surface area (Å²) in [6.07, 6.45) is 0. The van der Waals surface area contributed by atoms with Crippen LogP contribution in [0.5, 0.6) is 0 Å². The zero-order chi connectivity index (χ0) is 15.5. The van der Waals surface area contributed by atoms with Gasteiger partial charge in [-0.3, -0.25) is 0 Å². The van der Waals surface area contributed by atoms with Crippen LogP contribution in [0, 0.1) is 5.82 Å². The van der Waals surface area contributed by atoms with E-state index in [2.05, 4.69) is 15.5 Å². The Morgan fingerprint density at radius 2 is 1.77 bits per heavy atom. The number of nitrogens with zero attached hydrogens (tertiary/aromatic N) is 4. The molecule has 0 radical (unpaired) electrons. The van der Waals surface area contributed by atoms with Crippen LogP contribution < -0.4 is 0 Å². The second kappa shape index (κ2) is 6.64. The van der Waals surface area contributed by atoms with Crippen LogP contribution in [0.25, 0.3) is 5.69 Å². The van der Waals surface area contributed by atoms with Gasteiger partial charge in [0.15, 0.2) is 0 Å². The number of hydrogen-bond donors (Lipinski definition) is 0. The number of thioether (sulfide) groups is 1. The lowest BCUT2D eigenvalue weighted by atomic mass is 10.2. The Balaban J connectivity index is 1.79. The zero-order valence-electron chi connectivity index (χ0n) is 11.1. The van der Waals surface area contributed by atoms with Crippen LogP contribution in [-0.2, 0) is 5.75 Å². The van der Waals surface area contributed by atoms with Gasteiger partial charge in [0.25, 0.3) is 0 Å². The maximum absolute atomic E-state index is 13.8. The van der Waals surface area contributed by atoms with Crippen molar-refractivity contribution in [3.05, 3.63) is 63.9 Å². The van der Waals surface area contributed by atoms with Gasteiger partial charge in [-0.1, -0.05) is 41.0 Å². The summed E-state index contributed by atoms with van der Waals surface area (Å²) in [6, 6.07) is 11.7. The molecule has 0 saturated heterocycles. The lowest BCUT2D eigenvalue weighted by Gasteiger charge is -2.05. The van der Waals surface area contributed by atoms with Crippen molar-refractivity contribution in [2.24, 2.45) is 0 Å². The largest absolute Gasteiger partial charge is 0.214 e. The number of halogens is 3. The van der Waals surface area contributed by atoms with Gasteiger partial charge in [0, 0.05) is 15.8 Å². The third-order valence-corrected chi connectivity index (χ3v) is 4.34. The normalized spacial score (nSPS) is 10.9. The van der Waals surface area contributed by atoms with Crippen molar-refractivity contribution in [2.45, 2.75) is 10.9 Å². The van der Waals surface area contributed by atoms with Gasteiger partial charge in [-0.2, -0.15) is 4.68 Å². The summed E-state index contributed by atoms with van der Waals surface area (Å²) < 4.78 is 15.4. The third kappa shape index (κ3) is 3.40. The average molecular weight is 355 g/mol. The van der Waals surface area contributed by atoms with Gasteiger partial charge in [0.2, 0.25) is 5.16 Å². The maximum atomic E-state index is 13.8. The molecule has 0 unspecified atom stereocenters. The van der Waals surface area contributed by atoms with Crippen LogP contribution in [0.1, 0.15) is 5.56 Å². The first kappa shape index (κ1) is 15.3. The topological polar surface area (TPSA) is 43.6 Å². The molecule has 8 heteroatoms. The molecule has 0 amide bonds. The molecule has 3 aromatic rings. The molecule has 0 aliphatic carbocycles. The molecule has 0 bridgehead atoms. The van der Waals surface area contributed by atoms with Crippen LogP contribution in [0.4, 0.5) is 4.39 Å². The van der Waals surface area contributed by atoms with Crippen molar-refractivity contribution < 1.29 is 4.39 Å². The van der Waals surface area contributed by atoms with Crippen LogP contribution in [0.3, 0.4) is 0 Å². The van der Waals surface area contributed by atoms with Crippen molar-refractivity contribution in [3.8, 4) is 5.69 Å². The first-order valence-corrected chi connectivity index (χ1v) is 7.99. The van der Waals surface area contributed by atoms with Crippen LogP contribution in [0.15, 0.2) is 47.6 Å². The Labute approximate surface area is 140 Å². The summed E-state index contributed by atoms with van der Waals surface area (Å²) in [6.45, 7) is 0. The SMILES string of the molecule is Fc1cc(Cl)ccc1CSc1nnnn1-c1ccc(Cl)cc1. The molecule has 0 spiro atoms. The molecule has 22 heavy (non-hydrogen) atoms. The summed E-state index contributed by atoms with van der Waals surface area (Å²) in [4.78, 5) is 0. The molecule has 0 fully saturated rings. The van der Waals surface area contributed by atoms with E-state index in [1.165, 1.54) is 17.8 Å². The van der Waals surface area contributed by atoms with Crippen molar-refractivity contribution in [1.29, 1.82) is 0 Å². The van der Waals surface area contributed by atoms with E-state index >= 15 is 0 Å². The number of benzene rings is 2. The van der Waals surface area contributed by atoms with E-state index in [1.54, 1.807) is 28.9 Å². The fourth-order valence-electron chi connectivity index (χ4n) is 1.79. The second-order valence-corrected chi connectivity index (χ2v) is 6.19. The van der Waals surface area contributed by atoms with Gasteiger partial charge in [0.1, 0.15) is 5.82 Å². The van der Waals surface area contributed by atoms with E-state index in [-0.39, 0.29) is 5.82 Å². The molecule has 0 aliphatic rings. The number of aromatic nitrogens is 4. The monoisotopic (exact) mass is 354 g/mol. The highest BCUT2D eigenvalue weighted by atomic mass is 35.5. The standard InChI is InChI=1S/C14H9Cl2FN4S/c15-10-3-5-12(6-4-10)21-14(18-19-20-21)22-8-9-1-2-11(16)7-13(9)17/h1-7H,8H2. The van der Waals surface area contributed by atoms with Gasteiger partial charge in [-0.15, -0.1) is 5.10 Å². The van der Waals surface area contributed by atoms with Crippen LogP contribution >= 0.6 is 35.0 Å². The highest BCUT2D eigenvalue weighted by Crippen LogP contribution is 2.25. The van der Waals surface area contributed by atoms with E-state index in [0.29, 0.717) is 26.5 Å². The molecule has 0 atom stereocenters. The van der Waals surface area contributed by atoms with Gasteiger partial charge in [-0.25, -0.2) is 4.39 Å². The van der Waals surface area contributed by atoms with Crippen molar-refractivity contribution in [2.75, 3.05) is 0 Å². The quantitative estimate of drug-likeness (QED) is 0.651. The molecule has 0 N–H and O–H groups in total. The molecule has 2 aromatic carbocycles. The summed E-state index contributed by atoms with van der Waals surface area (Å²) in [5.74, 6) is 0.0577. The Morgan fingerprint density at radius 3 is 2.50 bits per heavy atom. The van der Waals surface area contributed by atoms with Gasteiger partial charge in [-0.05, 0) is 52.4 Å². The molecule has 0 aliphatic heterocycles. The lowest BCUT2D eigenvalue weighted by Crippen LogP contribution is -1.99. The predicted octanol–water partition coefficient (Wildman–Crippen LogP) is 4.40. The third-order valence-electron chi connectivity index (χ3n) is 2.88. The summed E-state index contributed by atoms with van der Waals surface area (Å²) in [7, 11) is 0. The van der Waals surface area contributed by atoms with E-state index < -0.39 is 0 Å². The fraction of sp³-hybridized carbons (Fsp3) is 0.0714. The van der Waals surface area contributed by atoms with Crippen molar-refractivity contribution in [1.82, 2.24) is 20.2 Å². The summed E-state index contributed by atoms with van der Waals surface area (Å²) in [5.41, 5.74) is 1.33. The minimum absolute atomic E-state index is 0.342. The Bertz CT molecular complexity index is 792. The first-order chi connectivity index (χ1) is 10.6. The lowest BCUT2D eigenvalue weighted by molar-refractivity contribution is 0.617. The Morgan fingerprint density at radius 1 is 1.05 bits per heavy atom. The molecule has 1 aromatic heterocycles. The molecule has 4 nitrogen and oxygen atoms in total. The van der Waals surface area contributed by atoms with Crippen LogP contribution in [-0.4, -0.2) is 20.2 Å². The van der Waals surface area contributed by atoms with Gasteiger partial charge >= 0.3 is 0 Å². The molecule has 3 rings (SSSR count). The minimum atomic E-state index is -0.342. The maximum Gasteiger partial charge on any atom is 0.214 e. The Kier molecular flexibility index (Phi) is 4.61. The molecule has 1 heterocycles. The smallest absolute Gasteiger partial charge is 0.207 e. The summed E-state index contributed by atoms with van der Waals surface area (Å²) >= 11 is 12.9. The summed E-state index contributed by atoms with van der Waals surface area (Å²) in [5, 5.41) is 13.1. The fourth-order valence-corrected chi connectivity index (χ4v) is 2.96. The number of tetrazole rings is 1. The average Bonchev–Trinajstić information content (AvgIpc) is 2.95. The first-order valence-electron chi connectivity index (χ1n) is 6.24. The molecular weight excluding hydrogens is 346 g/mol.